The highest BCUT2D eigenvalue weighted by Crippen LogP contribution is 2.23. The van der Waals surface area contributed by atoms with E-state index in [1.807, 2.05) is 9.58 Å². The van der Waals surface area contributed by atoms with Gasteiger partial charge in [-0.05, 0) is 25.7 Å². The Morgan fingerprint density at radius 3 is 2.67 bits per heavy atom. The van der Waals surface area contributed by atoms with Gasteiger partial charge >= 0.3 is 0 Å². The van der Waals surface area contributed by atoms with Crippen molar-refractivity contribution in [1.29, 1.82) is 0 Å². The molecule has 2 saturated heterocycles. The van der Waals surface area contributed by atoms with Gasteiger partial charge < -0.3 is 19.7 Å². The molecule has 8 nitrogen and oxygen atoms in total. The number of fused-ring (bicyclic) bond motifs is 1. The van der Waals surface area contributed by atoms with Crippen molar-refractivity contribution in [3.63, 3.8) is 0 Å². The van der Waals surface area contributed by atoms with E-state index in [0.29, 0.717) is 45.2 Å². The van der Waals surface area contributed by atoms with Gasteiger partial charge in [-0.25, -0.2) is 0 Å². The lowest BCUT2D eigenvalue weighted by Gasteiger charge is -2.21. The fraction of sp³-hybridized carbons (Fsp3) is 0.737. The lowest BCUT2D eigenvalue weighted by molar-refractivity contribution is -0.127. The van der Waals surface area contributed by atoms with E-state index in [9.17, 15) is 9.59 Å². The molecule has 0 radical (unpaired) electrons. The van der Waals surface area contributed by atoms with Gasteiger partial charge in [-0.3, -0.25) is 14.3 Å². The van der Waals surface area contributed by atoms with Crippen LogP contribution in [0.4, 0.5) is 0 Å². The van der Waals surface area contributed by atoms with Crippen LogP contribution < -0.4 is 5.32 Å². The number of rotatable bonds is 5. The summed E-state index contributed by atoms with van der Waals surface area (Å²) in [5.41, 5.74) is 2.53. The summed E-state index contributed by atoms with van der Waals surface area (Å²) in [5.74, 6) is 0.154. The number of ether oxygens (including phenoxy) is 2. The highest BCUT2D eigenvalue weighted by atomic mass is 16.5. The Kier molecular flexibility index (Phi) is 5.73. The van der Waals surface area contributed by atoms with E-state index >= 15 is 0 Å². The predicted molar refractivity (Wildman–Crippen MR) is 97.3 cm³/mol. The fourth-order valence-corrected chi connectivity index (χ4v) is 4.12. The van der Waals surface area contributed by atoms with Crippen LogP contribution in [0.15, 0.2) is 0 Å². The predicted octanol–water partition coefficient (Wildman–Crippen LogP) is 0.735. The summed E-state index contributed by atoms with van der Waals surface area (Å²) < 4.78 is 12.8. The van der Waals surface area contributed by atoms with Crippen molar-refractivity contribution < 1.29 is 19.1 Å². The monoisotopic (exact) mass is 376 g/mol. The van der Waals surface area contributed by atoms with Crippen molar-refractivity contribution in [3.8, 4) is 0 Å². The first kappa shape index (κ1) is 18.4. The van der Waals surface area contributed by atoms with E-state index in [0.717, 1.165) is 56.5 Å². The Balaban J connectivity index is 1.41. The minimum Gasteiger partial charge on any atom is -0.381 e. The summed E-state index contributed by atoms with van der Waals surface area (Å²) in [6.45, 7) is 5.11. The topological polar surface area (TPSA) is 85.7 Å². The van der Waals surface area contributed by atoms with Crippen molar-refractivity contribution in [1.82, 2.24) is 20.0 Å². The maximum absolute atomic E-state index is 12.8. The molecule has 1 aromatic heterocycles. The summed E-state index contributed by atoms with van der Waals surface area (Å²) in [4.78, 5) is 27.0. The number of nitrogens with zero attached hydrogens (tertiary/aromatic N) is 3. The minimum atomic E-state index is 0.0132. The molecule has 3 aliphatic rings. The van der Waals surface area contributed by atoms with Crippen molar-refractivity contribution in [2.45, 2.75) is 45.3 Å². The fourth-order valence-electron chi connectivity index (χ4n) is 4.12. The second kappa shape index (κ2) is 8.39. The van der Waals surface area contributed by atoms with Gasteiger partial charge in [0.15, 0.2) is 5.69 Å². The smallest absolute Gasteiger partial charge is 0.274 e. The number of hydrogen-bond acceptors (Lipinski definition) is 5. The van der Waals surface area contributed by atoms with Crippen molar-refractivity contribution in [2.24, 2.45) is 5.92 Å². The molecule has 8 heteroatoms. The SMILES string of the molecule is O=C(NCCn1nc(C(=O)N2CCCC2)c2c1CCOC2)C1CCOCC1. The van der Waals surface area contributed by atoms with E-state index in [1.54, 1.807) is 0 Å². The number of aromatic nitrogens is 2. The summed E-state index contributed by atoms with van der Waals surface area (Å²) >= 11 is 0. The first-order valence-electron chi connectivity index (χ1n) is 10.0. The molecule has 0 saturated carbocycles. The maximum Gasteiger partial charge on any atom is 0.274 e. The first-order valence-corrected chi connectivity index (χ1v) is 10.0. The quantitative estimate of drug-likeness (QED) is 0.819. The molecule has 1 N–H and O–H groups in total. The van der Waals surface area contributed by atoms with Gasteiger partial charge in [-0.1, -0.05) is 0 Å². The molecular weight excluding hydrogens is 348 g/mol. The van der Waals surface area contributed by atoms with Crippen LogP contribution in [0.2, 0.25) is 0 Å². The van der Waals surface area contributed by atoms with Crippen LogP contribution in [0.1, 0.15) is 47.4 Å². The number of likely N-dealkylation sites (tertiary alicyclic amines) is 1. The van der Waals surface area contributed by atoms with Crippen molar-refractivity contribution in [3.05, 3.63) is 17.0 Å². The highest BCUT2D eigenvalue weighted by molar-refractivity contribution is 5.94. The highest BCUT2D eigenvalue weighted by Gasteiger charge is 2.29. The van der Waals surface area contributed by atoms with Gasteiger partial charge in [0.05, 0.1) is 19.8 Å². The molecule has 148 valence electrons. The van der Waals surface area contributed by atoms with Crippen LogP contribution in [0.5, 0.6) is 0 Å². The lowest BCUT2D eigenvalue weighted by Crippen LogP contribution is -2.36. The van der Waals surface area contributed by atoms with Crippen LogP contribution >= 0.6 is 0 Å². The summed E-state index contributed by atoms with van der Waals surface area (Å²) in [5, 5.41) is 7.64. The Hall–Kier alpha value is -1.93. The standard InChI is InChI=1S/C19H28N4O4/c24-18(14-3-10-26-11-4-14)20-6-9-23-16-5-12-27-13-15(16)17(21-23)19(25)22-7-1-2-8-22/h14H,1-13H2,(H,20,24). The summed E-state index contributed by atoms with van der Waals surface area (Å²) in [6.07, 6.45) is 4.44. The second-order valence-corrected chi connectivity index (χ2v) is 7.48. The van der Waals surface area contributed by atoms with Crippen LogP contribution in [0, 0.1) is 5.92 Å². The second-order valence-electron chi connectivity index (χ2n) is 7.48. The van der Waals surface area contributed by atoms with Crippen molar-refractivity contribution in [2.75, 3.05) is 39.5 Å². The van der Waals surface area contributed by atoms with E-state index in [2.05, 4.69) is 10.4 Å². The maximum atomic E-state index is 12.8. The number of nitrogens with one attached hydrogen (secondary N) is 1. The van der Waals surface area contributed by atoms with Crippen LogP contribution in [0.25, 0.3) is 0 Å². The van der Waals surface area contributed by atoms with Gasteiger partial charge in [-0.15, -0.1) is 0 Å². The van der Waals surface area contributed by atoms with Crippen LogP contribution in [0.3, 0.4) is 0 Å². The zero-order chi connectivity index (χ0) is 18.6. The number of carbonyl (C=O) groups is 2. The summed E-state index contributed by atoms with van der Waals surface area (Å²) in [7, 11) is 0. The molecule has 1 aromatic rings. The molecule has 0 unspecified atom stereocenters. The molecule has 2 fully saturated rings. The number of hydrogen-bond donors (Lipinski definition) is 1. The molecular formula is C19H28N4O4. The van der Waals surface area contributed by atoms with Crippen LogP contribution in [-0.4, -0.2) is 65.9 Å². The lowest BCUT2D eigenvalue weighted by atomic mass is 9.99. The van der Waals surface area contributed by atoms with E-state index in [4.69, 9.17) is 9.47 Å². The molecule has 4 heterocycles. The largest absolute Gasteiger partial charge is 0.381 e. The van der Waals surface area contributed by atoms with Gasteiger partial charge in [0, 0.05) is 56.4 Å². The van der Waals surface area contributed by atoms with Crippen LogP contribution in [-0.2, 0) is 33.8 Å². The van der Waals surface area contributed by atoms with E-state index in [-0.39, 0.29) is 17.7 Å². The molecule has 0 atom stereocenters. The molecule has 0 aromatic carbocycles. The zero-order valence-electron chi connectivity index (χ0n) is 15.7. The Morgan fingerprint density at radius 2 is 1.89 bits per heavy atom. The third kappa shape index (κ3) is 4.01. The van der Waals surface area contributed by atoms with Gasteiger partial charge in [0.2, 0.25) is 5.91 Å². The van der Waals surface area contributed by atoms with Crippen molar-refractivity contribution >= 4 is 11.8 Å². The summed E-state index contributed by atoms with van der Waals surface area (Å²) in [6, 6.07) is 0. The molecule has 0 bridgehead atoms. The normalized spacial score (nSPS) is 20.5. The van der Waals surface area contributed by atoms with Gasteiger partial charge in [0.25, 0.3) is 5.91 Å². The molecule has 0 spiro atoms. The average Bonchev–Trinajstić information content (AvgIpc) is 3.37. The molecule has 0 aliphatic carbocycles. The molecule has 2 amide bonds. The molecule has 4 rings (SSSR count). The Labute approximate surface area is 159 Å². The Morgan fingerprint density at radius 1 is 1.11 bits per heavy atom. The first-order chi connectivity index (χ1) is 13.2. The van der Waals surface area contributed by atoms with E-state index in [1.165, 1.54) is 0 Å². The number of carbonyl (C=O) groups excluding carboxylic acids is 2. The third-order valence-electron chi connectivity index (χ3n) is 5.71. The zero-order valence-corrected chi connectivity index (χ0v) is 15.7. The number of amides is 2. The van der Waals surface area contributed by atoms with Gasteiger partial charge in [0.1, 0.15) is 0 Å². The third-order valence-corrected chi connectivity index (χ3v) is 5.71. The van der Waals surface area contributed by atoms with E-state index < -0.39 is 0 Å². The Bertz CT molecular complexity index is 690. The molecule has 3 aliphatic heterocycles. The average molecular weight is 376 g/mol. The molecule has 27 heavy (non-hydrogen) atoms. The minimum absolute atomic E-state index is 0.0132. The van der Waals surface area contributed by atoms with Gasteiger partial charge in [-0.2, -0.15) is 5.10 Å².